The Morgan fingerprint density at radius 1 is 1.47 bits per heavy atom. The zero-order chi connectivity index (χ0) is 12.7. The summed E-state index contributed by atoms with van der Waals surface area (Å²) in [4.78, 5) is 7.83. The van der Waals surface area contributed by atoms with Crippen molar-refractivity contribution in [1.82, 2.24) is 9.97 Å². The van der Waals surface area contributed by atoms with Crippen molar-refractivity contribution in [2.45, 2.75) is 26.2 Å². The minimum Gasteiger partial charge on any atom is -0.396 e. The number of nitrogens with zero attached hydrogens (tertiary/aromatic N) is 2. The van der Waals surface area contributed by atoms with Crippen LogP contribution >= 0.6 is 11.6 Å². The first-order valence-electron chi connectivity index (χ1n) is 5.79. The van der Waals surface area contributed by atoms with Gasteiger partial charge in [0.15, 0.2) is 11.0 Å². The molecule has 0 aliphatic rings. The van der Waals surface area contributed by atoms with E-state index >= 15 is 0 Å². The van der Waals surface area contributed by atoms with Gasteiger partial charge in [0.2, 0.25) is 0 Å². The molecule has 0 saturated heterocycles. The standard InChI is InChI=1S/C11H19ClN4O/c1-2-3-8(4-5-17)6-14-11-9(13)10(12)15-7-16-11/h7-8,17H,2-6,13H2,1H3,(H,14,15,16). The van der Waals surface area contributed by atoms with Gasteiger partial charge in [-0.15, -0.1) is 0 Å². The lowest BCUT2D eigenvalue weighted by molar-refractivity contribution is 0.255. The second kappa shape index (κ2) is 7.29. The number of halogens is 1. The Labute approximate surface area is 106 Å². The third-order valence-electron chi connectivity index (χ3n) is 2.63. The third-order valence-corrected chi connectivity index (χ3v) is 2.93. The molecule has 0 aliphatic heterocycles. The number of hydrogen-bond donors (Lipinski definition) is 3. The van der Waals surface area contributed by atoms with Gasteiger partial charge in [0.1, 0.15) is 12.0 Å². The van der Waals surface area contributed by atoms with E-state index in [2.05, 4.69) is 22.2 Å². The number of hydrogen-bond acceptors (Lipinski definition) is 5. The van der Waals surface area contributed by atoms with E-state index in [0.717, 1.165) is 25.8 Å². The molecule has 0 aliphatic carbocycles. The number of nitrogens with two attached hydrogens (primary N) is 1. The predicted molar refractivity (Wildman–Crippen MR) is 70.0 cm³/mol. The molecule has 96 valence electrons. The Morgan fingerprint density at radius 3 is 2.88 bits per heavy atom. The van der Waals surface area contributed by atoms with Crippen molar-refractivity contribution in [3.05, 3.63) is 11.5 Å². The van der Waals surface area contributed by atoms with Gasteiger partial charge in [-0.25, -0.2) is 9.97 Å². The number of nitrogens with one attached hydrogen (secondary N) is 1. The number of aliphatic hydroxyl groups excluding tert-OH is 1. The van der Waals surface area contributed by atoms with Crippen molar-refractivity contribution in [2.75, 3.05) is 24.2 Å². The van der Waals surface area contributed by atoms with Crippen LogP contribution in [0.2, 0.25) is 5.15 Å². The number of aromatic nitrogens is 2. The van der Waals surface area contributed by atoms with Crippen LogP contribution in [0, 0.1) is 5.92 Å². The molecular formula is C11H19ClN4O. The molecule has 4 N–H and O–H groups in total. The normalized spacial score (nSPS) is 12.4. The predicted octanol–water partition coefficient (Wildman–Crippen LogP) is 1.92. The molecule has 1 aromatic rings. The van der Waals surface area contributed by atoms with Crippen molar-refractivity contribution >= 4 is 23.1 Å². The van der Waals surface area contributed by atoms with Gasteiger partial charge in [0, 0.05) is 13.2 Å². The Kier molecular flexibility index (Phi) is 6.00. The van der Waals surface area contributed by atoms with Crippen molar-refractivity contribution in [3.8, 4) is 0 Å². The molecule has 1 rings (SSSR count). The lowest BCUT2D eigenvalue weighted by Crippen LogP contribution is -2.17. The summed E-state index contributed by atoms with van der Waals surface area (Å²) in [5, 5.41) is 12.4. The van der Waals surface area contributed by atoms with Crippen molar-refractivity contribution in [1.29, 1.82) is 0 Å². The van der Waals surface area contributed by atoms with E-state index in [4.69, 9.17) is 22.4 Å². The molecule has 1 unspecified atom stereocenters. The fourth-order valence-corrected chi connectivity index (χ4v) is 1.83. The van der Waals surface area contributed by atoms with Crippen LogP contribution in [0.3, 0.4) is 0 Å². The van der Waals surface area contributed by atoms with Gasteiger partial charge in [-0.1, -0.05) is 24.9 Å². The minimum atomic E-state index is 0.201. The molecule has 0 spiro atoms. The molecule has 6 heteroatoms. The second-order valence-corrected chi connectivity index (χ2v) is 4.33. The molecule has 1 aromatic heterocycles. The first-order valence-corrected chi connectivity index (χ1v) is 6.17. The topological polar surface area (TPSA) is 84.1 Å². The second-order valence-electron chi connectivity index (χ2n) is 3.97. The molecule has 0 fully saturated rings. The van der Waals surface area contributed by atoms with Crippen LogP contribution in [0.25, 0.3) is 0 Å². The zero-order valence-electron chi connectivity index (χ0n) is 9.99. The van der Waals surface area contributed by atoms with Crippen molar-refractivity contribution in [3.63, 3.8) is 0 Å². The fourth-order valence-electron chi connectivity index (χ4n) is 1.70. The Bertz CT molecular complexity index is 342. The highest BCUT2D eigenvalue weighted by atomic mass is 35.5. The molecule has 17 heavy (non-hydrogen) atoms. The summed E-state index contributed by atoms with van der Waals surface area (Å²) in [6, 6.07) is 0. The van der Waals surface area contributed by atoms with E-state index < -0.39 is 0 Å². The van der Waals surface area contributed by atoms with E-state index in [1.165, 1.54) is 6.33 Å². The monoisotopic (exact) mass is 258 g/mol. The van der Waals surface area contributed by atoms with Crippen molar-refractivity contribution in [2.24, 2.45) is 5.92 Å². The minimum absolute atomic E-state index is 0.201. The number of nitrogen functional groups attached to an aromatic ring is 1. The maximum Gasteiger partial charge on any atom is 0.157 e. The lowest BCUT2D eigenvalue weighted by atomic mass is 10.0. The quantitative estimate of drug-likeness (QED) is 0.651. The highest BCUT2D eigenvalue weighted by Crippen LogP contribution is 2.22. The Hall–Kier alpha value is -1.07. The SMILES string of the molecule is CCCC(CCO)CNc1ncnc(Cl)c1N. The Balaban J connectivity index is 2.55. The summed E-state index contributed by atoms with van der Waals surface area (Å²) in [6.07, 6.45) is 4.31. The number of aliphatic hydroxyl groups is 1. The number of anilines is 2. The van der Waals surface area contributed by atoms with Gasteiger partial charge < -0.3 is 16.2 Å². The molecule has 0 amide bonds. The summed E-state index contributed by atoms with van der Waals surface area (Å²) in [5.74, 6) is 0.974. The van der Waals surface area contributed by atoms with Crippen molar-refractivity contribution < 1.29 is 5.11 Å². The van der Waals surface area contributed by atoms with E-state index in [9.17, 15) is 0 Å². The van der Waals surface area contributed by atoms with E-state index in [1.54, 1.807) is 0 Å². The molecule has 0 aromatic carbocycles. The van der Waals surface area contributed by atoms with Crippen LogP contribution in [0.1, 0.15) is 26.2 Å². The van der Waals surface area contributed by atoms with Gasteiger partial charge in [-0.2, -0.15) is 0 Å². The smallest absolute Gasteiger partial charge is 0.157 e. The van der Waals surface area contributed by atoms with Gasteiger partial charge in [0.25, 0.3) is 0 Å². The molecule has 1 atom stereocenters. The van der Waals surface area contributed by atoms with Crippen LogP contribution in [-0.2, 0) is 0 Å². The summed E-state index contributed by atoms with van der Waals surface area (Å²) in [6.45, 7) is 3.05. The van der Waals surface area contributed by atoms with Crippen LogP contribution in [-0.4, -0.2) is 28.2 Å². The molecule has 0 bridgehead atoms. The average molecular weight is 259 g/mol. The van der Waals surface area contributed by atoms with Crippen LogP contribution in [0.4, 0.5) is 11.5 Å². The highest BCUT2D eigenvalue weighted by molar-refractivity contribution is 6.32. The van der Waals surface area contributed by atoms with E-state index in [-0.39, 0.29) is 11.8 Å². The maximum atomic E-state index is 8.96. The highest BCUT2D eigenvalue weighted by Gasteiger charge is 2.10. The van der Waals surface area contributed by atoms with Crippen LogP contribution in [0.5, 0.6) is 0 Å². The lowest BCUT2D eigenvalue weighted by Gasteiger charge is -2.16. The van der Waals surface area contributed by atoms with E-state index in [0.29, 0.717) is 17.4 Å². The zero-order valence-corrected chi connectivity index (χ0v) is 10.7. The number of rotatable bonds is 7. The third kappa shape index (κ3) is 4.36. The van der Waals surface area contributed by atoms with E-state index in [1.807, 2.05) is 0 Å². The molecular weight excluding hydrogens is 240 g/mol. The fraction of sp³-hybridized carbons (Fsp3) is 0.636. The summed E-state index contributed by atoms with van der Waals surface area (Å²) in [5.41, 5.74) is 6.12. The summed E-state index contributed by atoms with van der Waals surface area (Å²) in [7, 11) is 0. The average Bonchev–Trinajstić information content (AvgIpc) is 2.31. The maximum absolute atomic E-state index is 8.96. The van der Waals surface area contributed by atoms with Crippen LogP contribution in [0.15, 0.2) is 6.33 Å². The molecule has 0 radical (unpaired) electrons. The first-order chi connectivity index (χ1) is 8.19. The largest absolute Gasteiger partial charge is 0.396 e. The van der Waals surface area contributed by atoms with Gasteiger partial charge >= 0.3 is 0 Å². The van der Waals surface area contributed by atoms with Gasteiger partial charge in [0.05, 0.1) is 0 Å². The van der Waals surface area contributed by atoms with Crippen LogP contribution < -0.4 is 11.1 Å². The first kappa shape index (κ1) is 14.0. The molecule has 1 heterocycles. The molecule has 0 saturated carbocycles. The summed E-state index contributed by atoms with van der Waals surface area (Å²) < 4.78 is 0. The Morgan fingerprint density at radius 2 is 2.24 bits per heavy atom. The van der Waals surface area contributed by atoms with Gasteiger partial charge in [-0.3, -0.25) is 0 Å². The summed E-state index contributed by atoms with van der Waals surface area (Å²) >= 11 is 5.80. The molecule has 5 nitrogen and oxygen atoms in total. The van der Waals surface area contributed by atoms with Gasteiger partial charge in [-0.05, 0) is 18.8 Å².